The molecule has 98 valence electrons. The lowest BCUT2D eigenvalue weighted by molar-refractivity contribution is -0.147. The zero-order chi connectivity index (χ0) is 13.5. The van der Waals surface area contributed by atoms with Crippen molar-refractivity contribution in [1.29, 1.82) is 0 Å². The molecule has 0 radical (unpaired) electrons. The minimum Gasteiger partial charge on any atom is -0.305 e. The monoisotopic (exact) mass is 278 g/mol. The minimum absolute atomic E-state index is 0.0212. The van der Waals surface area contributed by atoms with Crippen molar-refractivity contribution in [2.24, 2.45) is 5.92 Å². The van der Waals surface area contributed by atoms with Gasteiger partial charge in [0, 0.05) is 6.54 Å². The van der Waals surface area contributed by atoms with Gasteiger partial charge in [-0.05, 0) is 5.92 Å². The lowest BCUT2D eigenvalue weighted by Crippen LogP contribution is -2.17. The molecule has 0 aliphatic carbocycles. The van der Waals surface area contributed by atoms with Gasteiger partial charge in [0.15, 0.2) is 10.8 Å². The van der Waals surface area contributed by atoms with Crippen molar-refractivity contribution < 1.29 is 13.2 Å². The molecule has 18 heavy (non-hydrogen) atoms. The molecule has 0 N–H and O–H groups in total. The quantitative estimate of drug-likeness (QED) is 0.793. The van der Waals surface area contributed by atoms with Crippen LogP contribution in [0.25, 0.3) is 11.2 Å². The first-order valence-electron chi connectivity index (χ1n) is 5.24. The van der Waals surface area contributed by atoms with E-state index >= 15 is 0 Å². The molecule has 2 heterocycles. The fourth-order valence-corrected chi connectivity index (χ4v) is 1.83. The molecule has 0 aliphatic heterocycles. The fourth-order valence-electron chi connectivity index (χ4n) is 1.66. The average molecular weight is 279 g/mol. The van der Waals surface area contributed by atoms with Gasteiger partial charge in [0.2, 0.25) is 5.82 Å². The number of fused-ring (bicyclic) bond motifs is 1. The summed E-state index contributed by atoms with van der Waals surface area (Å²) in [5.74, 6) is -0.967. The maximum atomic E-state index is 12.9. The van der Waals surface area contributed by atoms with Crippen LogP contribution < -0.4 is 0 Å². The van der Waals surface area contributed by atoms with E-state index in [1.807, 2.05) is 13.8 Å². The van der Waals surface area contributed by atoms with Gasteiger partial charge in [0.1, 0.15) is 11.8 Å². The normalized spacial score (nSPS) is 12.6. The van der Waals surface area contributed by atoms with Crippen molar-refractivity contribution in [1.82, 2.24) is 19.5 Å². The van der Waals surface area contributed by atoms with Crippen molar-refractivity contribution in [2.45, 2.75) is 26.6 Å². The van der Waals surface area contributed by atoms with E-state index in [9.17, 15) is 13.2 Å². The Hall–Kier alpha value is -1.37. The summed E-state index contributed by atoms with van der Waals surface area (Å²) in [6.07, 6.45) is -3.41. The fraction of sp³-hybridized carbons (Fsp3) is 0.500. The lowest BCUT2D eigenvalue weighted by Gasteiger charge is -2.12. The molecule has 2 rings (SSSR count). The van der Waals surface area contributed by atoms with Gasteiger partial charge in [-0.25, -0.2) is 15.0 Å². The minimum atomic E-state index is -4.54. The van der Waals surface area contributed by atoms with Gasteiger partial charge < -0.3 is 4.57 Å². The second kappa shape index (κ2) is 4.38. The number of rotatable bonds is 2. The largest absolute Gasteiger partial charge is 0.449 e. The van der Waals surface area contributed by atoms with Crippen LogP contribution in [0.4, 0.5) is 13.2 Å². The first-order chi connectivity index (χ1) is 8.30. The van der Waals surface area contributed by atoms with E-state index in [4.69, 9.17) is 11.6 Å². The second-order valence-electron chi connectivity index (χ2n) is 4.27. The number of hydrogen-bond donors (Lipinski definition) is 0. The van der Waals surface area contributed by atoms with Gasteiger partial charge >= 0.3 is 6.18 Å². The van der Waals surface area contributed by atoms with Crippen LogP contribution in [-0.2, 0) is 12.7 Å². The molecule has 0 aromatic carbocycles. The summed E-state index contributed by atoms with van der Waals surface area (Å²) in [7, 11) is 0. The van der Waals surface area contributed by atoms with E-state index in [0.717, 1.165) is 10.9 Å². The van der Waals surface area contributed by atoms with Crippen LogP contribution in [0.1, 0.15) is 19.7 Å². The summed E-state index contributed by atoms with van der Waals surface area (Å²) in [5.41, 5.74) is 0.0863. The number of hydrogen-bond acceptors (Lipinski definition) is 3. The highest BCUT2D eigenvalue weighted by molar-refractivity contribution is 6.33. The predicted molar refractivity (Wildman–Crippen MR) is 60.2 cm³/mol. The van der Waals surface area contributed by atoms with Crippen LogP contribution >= 0.6 is 11.6 Å². The molecule has 0 fully saturated rings. The van der Waals surface area contributed by atoms with Gasteiger partial charge in [-0.3, -0.25) is 0 Å². The molecule has 0 unspecified atom stereocenters. The molecule has 0 atom stereocenters. The Morgan fingerprint density at radius 1 is 1.33 bits per heavy atom. The summed E-state index contributed by atoms with van der Waals surface area (Å²) in [6.45, 7) is 3.79. The summed E-state index contributed by atoms with van der Waals surface area (Å²) in [4.78, 5) is 11.0. The molecule has 2 aromatic heterocycles. The molecule has 0 saturated heterocycles. The molecule has 0 spiro atoms. The van der Waals surface area contributed by atoms with Crippen LogP contribution in [0, 0.1) is 5.92 Å². The van der Waals surface area contributed by atoms with Crippen LogP contribution in [0.3, 0.4) is 0 Å². The van der Waals surface area contributed by atoms with Crippen molar-refractivity contribution in [3.63, 3.8) is 0 Å². The number of nitrogens with zero attached hydrogens (tertiary/aromatic N) is 4. The smallest absolute Gasteiger partial charge is 0.305 e. The highest BCUT2D eigenvalue weighted by Gasteiger charge is 2.38. The molecule has 0 saturated carbocycles. The highest BCUT2D eigenvalue weighted by atomic mass is 35.5. The van der Waals surface area contributed by atoms with Crippen LogP contribution in [0.5, 0.6) is 0 Å². The third-order valence-corrected chi connectivity index (χ3v) is 2.57. The van der Waals surface area contributed by atoms with Crippen molar-refractivity contribution in [3.05, 3.63) is 17.3 Å². The maximum absolute atomic E-state index is 12.9. The number of imidazole rings is 1. The third kappa shape index (κ3) is 2.27. The van der Waals surface area contributed by atoms with E-state index in [1.54, 1.807) is 0 Å². The molecule has 2 aromatic rings. The van der Waals surface area contributed by atoms with Crippen LogP contribution in [0.2, 0.25) is 5.15 Å². The van der Waals surface area contributed by atoms with Gasteiger partial charge in [-0.15, -0.1) is 0 Å². The molecule has 0 bridgehead atoms. The number of halogens is 4. The maximum Gasteiger partial charge on any atom is 0.449 e. The van der Waals surface area contributed by atoms with Gasteiger partial charge in [0.25, 0.3) is 0 Å². The third-order valence-electron chi connectivity index (χ3n) is 2.29. The molecule has 0 aliphatic rings. The van der Waals surface area contributed by atoms with Crippen LogP contribution in [-0.4, -0.2) is 19.5 Å². The summed E-state index contributed by atoms with van der Waals surface area (Å²) < 4.78 is 39.7. The highest BCUT2D eigenvalue weighted by Crippen LogP contribution is 2.32. The lowest BCUT2D eigenvalue weighted by atomic mass is 10.2. The standard InChI is InChI=1S/C10H10ClF3N4/c1-5(2)3-18-8-6(7(11)15-4-16-8)17-9(18)10(12,13)14/h4-5H,3H2,1-2H3. The first kappa shape index (κ1) is 13.1. The molecular formula is C10H10ClF3N4. The Kier molecular flexibility index (Phi) is 3.18. The number of aromatic nitrogens is 4. The molecule has 0 amide bonds. The van der Waals surface area contributed by atoms with Gasteiger partial charge in [-0.1, -0.05) is 25.4 Å². The Morgan fingerprint density at radius 3 is 2.56 bits per heavy atom. The Labute approximate surface area is 106 Å². The molecule has 8 heteroatoms. The van der Waals surface area contributed by atoms with Crippen molar-refractivity contribution in [2.75, 3.05) is 0 Å². The number of alkyl halides is 3. The van der Waals surface area contributed by atoms with Gasteiger partial charge in [-0.2, -0.15) is 13.2 Å². The SMILES string of the molecule is CC(C)Cn1c(C(F)(F)F)nc2c(Cl)ncnc21. The first-order valence-corrected chi connectivity index (χ1v) is 5.62. The Balaban J connectivity index is 2.72. The summed E-state index contributed by atoms with van der Waals surface area (Å²) >= 11 is 5.73. The summed E-state index contributed by atoms with van der Waals surface area (Å²) in [6, 6.07) is 0. The van der Waals surface area contributed by atoms with Crippen molar-refractivity contribution >= 4 is 22.8 Å². The Bertz CT molecular complexity index is 576. The molecule has 4 nitrogen and oxygen atoms in total. The van der Waals surface area contributed by atoms with E-state index < -0.39 is 12.0 Å². The van der Waals surface area contributed by atoms with Crippen molar-refractivity contribution in [3.8, 4) is 0 Å². The van der Waals surface area contributed by atoms with E-state index in [0.29, 0.717) is 0 Å². The average Bonchev–Trinajstić information content (AvgIpc) is 2.57. The summed E-state index contributed by atoms with van der Waals surface area (Å²) in [5, 5.41) is -0.0759. The van der Waals surface area contributed by atoms with Crippen LogP contribution in [0.15, 0.2) is 6.33 Å². The van der Waals surface area contributed by atoms with Gasteiger partial charge in [0.05, 0.1) is 0 Å². The second-order valence-corrected chi connectivity index (χ2v) is 4.63. The molecular weight excluding hydrogens is 269 g/mol. The van der Waals surface area contributed by atoms with E-state index in [2.05, 4.69) is 15.0 Å². The van der Waals surface area contributed by atoms with E-state index in [-0.39, 0.29) is 28.8 Å². The topological polar surface area (TPSA) is 43.6 Å². The van der Waals surface area contributed by atoms with E-state index in [1.165, 1.54) is 0 Å². The zero-order valence-corrected chi connectivity index (χ0v) is 10.4. The predicted octanol–water partition coefficient (Wildman–Crippen LogP) is 3.15. The zero-order valence-electron chi connectivity index (χ0n) is 9.66. The Morgan fingerprint density at radius 2 is 2.00 bits per heavy atom.